The maximum Gasteiger partial charge on any atom is 0.305 e. The van der Waals surface area contributed by atoms with Gasteiger partial charge in [0.2, 0.25) is 10.0 Å². The monoisotopic (exact) mass is 317 g/mol. The topological polar surface area (TPSA) is 83.5 Å². The van der Waals surface area contributed by atoms with Crippen LogP contribution < -0.4 is 4.72 Å². The van der Waals surface area contributed by atoms with E-state index in [2.05, 4.69) is 4.72 Å². The van der Waals surface area contributed by atoms with Crippen molar-refractivity contribution < 1.29 is 18.3 Å². The summed E-state index contributed by atoms with van der Waals surface area (Å²) in [6.45, 7) is 0. The zero-order valence-electron chi connectivity index (χ0n) is 10.8. The fourth-order valence-corrected chi connectivity index (χ4v) is 4.39. The third-order valence-corrected chi connectivity index (χ3v) is 5.32. The van der Waals surface area contributed by atoms with E-state index in [1.165, 1.54) is 12.1 Å². The van der Waals surface area contributed by atoms with Crippen LogP contribution >= 0.6 is 11.6 Å². The number of hydrogen-bond acceptors (Lipinski definition) is 3. The summed E-state index contributed by atoms with van der Waals surface area (Å²) in [5, 5.41) is 9.32. The van der Waals surface area contributed by atoms with Gasteiger partial charge in [-0.15, -0.1) is 0 Å². The van der Waals surface area contributed by atoms with Crippen molar-refractivity contribution in [3.63, 3.8) is 0 Å². The Morgan fingerprint density at radius 1 is 1.35 bits per heavy atom. The van der Waals surface area contributed by atoms with Crippen molar-refractivity contribution in [2.75, 3.05) is 0 Å². The van der Waals surface area contributed by atoms with Gasteiger partial charge in [-0.3, -0.25) is 4.79 Å². The van der Waals surface area contributed by atoms with E-state index < -0.39 is 21.5 Å². The van der Waals surface area contributed by atoms with Crippen molar-refractivity contribution >= 4 is 27.6 Å². The summed E-state index contributed by atoms with van der Waals surface area (Å²) in [7, 11) is -3.77. The lowest BCUT2D eigenvalue weighted by molar-refractivity contribution is -0.138. The summed E-state index contributed by atoms with van der Waals surface area (Å²) in [5.74, 6) is -0.999. The minimum absolute atomic E-state index is 0.0571. The summed E-state index contributed by atoms with van der Waals surface area (Å²) < 4.78 is 27.3. The molecule has 0 radical (unpaired) electrons. The van der Waals surface area contributed by atoms with Crippen molar-refractivity contribution in [3.8, 4) is 0 Å². The molecule has 0 atom stereocenters. The van der Waals surface area contributed by atoms with Gasteiger partial charge in [-0.2, -0.15) is 0 Å². The van der Waals surface area contributed by atoms with Crippen molar-refractivity contribution in [1.82, 2.24) is 4.72 Å². The molecule has 2 N–H and O–H groups in total. The second-order valence-corrected chi connectivity index (χ2v) is 7.24. The van der Waals surface area contributed by atoms with Crippen LogP contribution in [0.3, 0.4) is 0 Å². The highest BCUT2D eigenvalue weighted by atomic mass is 35.5. The summed E-state index contributed by atoms with van der Waals surface area (Å²) in [5.41, 5.74) is -0.882. The van der Waals surface area contributed by atoms with Crippen LogP contribution in [0.5, 0.6) is 0 Å². The first-order valence-electron chi connectivity index (χ1n) is 6.34. The SMILES string of the molecule is O=C(O)CC1(NS(=O)(=O)c2cccc(Cl)c2)CCCC1. The molecule has 110 valence electrons. The van der Waals surface area contributed by atoms with Gasteiger partial charge in [-0.1, -0.05) is 30.5 Å². The molecule has 0 unspecified atom stereocenters. The molecular formula is C13H16ClNO4S. The van der Waals surface area contributed by atoms with Gasteiger partial charge in [-0.25, -0.2) is 13.1 Å². The smallest absolute Gasteiger partial charge is 0.305 e. The highest BCUT2D eigenvalue weighted by molar-refractivity contribution is 7.89. The Morgan fingerprint density at radius 2 is 2.00 bits per heavy atom. The molecule has 0 amide bonds. The predicted octanol–water partition coefficient (Wildman–Crippen LogP) is 2.41. The second-order valence-electron chi connectivity index (χ2n) is 5.12. The fraction of sp³-hybridized carbons (Fsp3) is 0.462. The van der Waals surface area contributed by atoms with E-state index in [1.54, 1.807) is 12.1 Å². The molecule has 1 aliphatic carbocycles. The maximum atomic E-state index is 12.4. The Kier molecular flexibility index (Phi) is 4.36. The van der Waals surface area contributed by atoms with E-state index in [-0.39, 0.29) is 11.3 Å². The Hall–Kier alpha value is -1.11. The molecule has 2 rings (SSSR count). The van der Waals surface area contributed by atoms with E-state index in [1.807, 2.05) is 0 Å². The second kappa shape index (κ2) is 5.71. The van der Waals surface area contributed by atoms with Crippen LogP contribution in [-0.4, -0.2) is 25.0 Å². The van der Waals surface area contributed by atoms with Crippen LogP contribution in [0.1, 0.15) is 32.1 Å². The largest absolute Gasteiger partial charge is 0.481 e. The summed E-state index contributed by atoms with van der Waals surface area (Å²) >= 11 is 5.80. The Balaban J connectivity index is 2.28. The van der Waals surface area contributed by atoms with E-state index >= 15 is 0 Å². The minimum Gasteiger partial charge on any atom is -0.481 e. The van der Waals surface area contributed by atoms with Crippen molar-refractivity contribution in [2.24, 2.45) is 0 Å². The third kappa shape index (κ3) is 3.50. The molecule has 1 fully saturated rings. The van der Waals surface area contributed by atoms with Crippen LogP contribution in [0.25, 0.3) is 0 Å². The van der Waals surface area contributed by atoms with Gasteiger partial charge in [0.15, 0.2) is 0 Å². The number of carboxylic acid groups (broad SMARTS) is 1. The molecule has 0 spiro atoms. The third-order valence-electron chi connectivity index (χ3n) is 3.51. The molecule has 1 saturated carbocycles. The normalized spacial score (nSPS) is 18.1. The van der Waals surface area contributed by atoms with Crippen LogP contribution in [0.4, 0.5) is 0 Å². The van der Waals surface area contributed by atoms with Crippen LogP contribution in [0, 0.1) is 0 Å². The van der Waals surface area contributed by atoms with E-state index in [9.17, 15) is 13.2 Å². The number of carbonyl (C=O) groups is 1. The van der Waals surface area contributed by atoms with Gasteiger partial charge in [0.05, 0.1) is 11.3 Å². The lowest BCUT2D eigenvalue weighted by atomic mass is 9.95. The number of aliphatic carboxylic acids is 1. The molecule has 0 bridgehead atoms. The molecule has 1 aromatic carbocycles. The van der Waals surface area contributed by atoms with Gasteiger partial charge >= 0.3 is 5.97 Å². The molecule has 1 aliphatic rings. The van der Waals surface area contributed by atoms with E-state index in [0.29, 0.717) is 17.9 Å². The van der Waals surface area contributed by atoms with Gasteiger partial charge in [0, 0.05) is 10.6 Å². The number of nitrogens with one attached hydrogen (secondary N) is 1. The average Bonchev–Trinajstić information content (AvgIpc) is 2.75. The van der Waals surface area contributed by atoms with Gasteiger partial charge in [0.1, 0.15) is 0 Å². The molecule has 1 aromatic rings. The molecule has 5 nitrogen and oxygen atoms in total. The zero-order chi connectivity index (χ0) is 14.8. The number of rotatable bonds is 5. The molecule has 0 aromatic heterocycles. The Labute approximate surface area is 123 Å². The lowest BCUT2D eigenvalue weighted by Gasteiger charge is -2.28. The number of carboxylic acids is 1. The van der Waals surface area contributed by atoms with Crippen LogP contribution in [-0.2, 0) is 14.8 Å². The summed E-state index contributed by atoms with van der Waals surface area (Å²) in [6, 6.07) is 5.93. The number of benzene rings is 1. The number of halogens is 1. The predicted molar refractivity (Wildman–Crippen MR) is 75.2 cm³/mol. The first kappa shape index (κ1) is 15.3. The first-order valence-corrected chi connectivity index (χ1v) is 8.21. The molecule has 20 heavy (non-hydrogen) atoms. The summed E-state index contributed by atoms with van der Waals surface area (Å²) in [4.78, 5) is 11.0. The minimum atomic E-state index is -3.77. The molecular weight excluding hydrogens is 302 g/mol. The van der Waals surface area contributed by atoms with Crippen molar-refractivity contribution in [3.05, 3.63) is 29.3 Å². The Morgan fingerprint density at radius 3 is 2.55 bits per heavy atom. The van der Waals surface area contributed by atoms with E-state index in [0.717, 1.165) is 12.8 Å². The van der Waals surface area contributed by atoms with E-state index in [4.69, 9.17) is 16.7 Å². The number of sulfonamides is 1. The maximum absolute atomic E-state index is 12.4. The Bertz CT molecular complexity index is 609. The van der Waals surface area contributed by atoms with Crippen LogP contribution in [0.15, 0.2) is 29.2 Å². The summed E-state index contributed by atoms with van der Waals surface area (Å²) in [6.07, 6.45) is 2.53. The fourth-order valence-electron chi connectivity index (χ4n) is 2.63. The lowest BCUT2D eigenvalue weighted by Crippen LogP contribution is -2.47. The molecule has 0 saturated heterocycles. The zero-order valence-corrected chi connectivity index (χ0v) is 12.4. The standard InChI is InChI=1S/C13H16ClNO4S/c14-10-4-3-5-11(8-10)20(18,19)15-13(9-12(16)17)6-1-2-7-13/h3-5,8,15H,1-2,6-7,9H2,(H,16,17). The van der Waals surface area contributed by atoms with Crippen LogP contribution in [0.2, 0.25) is 5.02 Å². The van der Waals surface area contributed by atoms with Gasteiger partial charge in [0.25, 0.3) is 0 Å². The molecule has 7 heteroatoms. The van der Waals surface area contributed by atoms with Gasteiger partial charge < -0.3 is 5.11 Å². The number of hydrogen-bond donors (Lipinski definition) is 2. The molecule has 0 aliphatic heterocycles. The quantitative estimate of drug-likeness (QED) is 0.873. The highest BCUT2D eigenvalue weighted by Gasteiger charge is 2.39. The highest BCUT2D eigenvalue weighted by Crippen LogP contribution is 2.34. The first-order chi connectivity index (χ1) is 9.33. The van der Waals surface area contributed by atoms with Gasteiger partial charge in [-0.05, 0) is 31.0 Å². The average molecular weight is 318 g/mol. The molecule has 0 heterocycles. The van der Waals surface area contributed by atoms with Crippen molar-refractivity contribution in [1.29, 1.82) is 0 Å². The van der Waals surface area contributed by atoms with Crippen molar-refractivity contribution in [2.45, 2.75) is 42.5 Å².